The highest BCUT2D eigenvalue weighted by Crippen LogP contribution is 2.15. The Morgan fingerprint density at radius 1 is 1.40 bits per heavy atom. The maximum absolute atomic E-state index is 5.57. The molecule has 0 spiro atoms. The Labute approximate surface area is 91.9 Å². The summed E-state index contributed by atoms with van der Waals surface area (Å²) in [4.78, 5) is 4.40. The van der Waals surface area contributed by atoms with E-state index < -0.39 is 0 Å². The van der Waals surface area contributed by atoms with E-state index in [4.69, 9.17) is 5.73 Å². The normalized spacial score (nSPS) is 13.1. The quantitative estimate of drug-likeness (QED) is 0.772. The second-order valence-electron chi connectivity index (χ2n) is 4.09. The molecular formula is C11H22N4. The minimum Gasteiger partial charge on any atom is -0.330 e. The molecule has 1 unspecified atom stereocenters. The SMILES string of the molecule is CCC(CCN)CCc1nc(C)nn1C. The summed E-state index contributed by atoms with van der Waals surface area (Å²) < 4.78 is 1.88. The number of rotatable bonds is 6. The highest BCUT2D eigenvalue weighted by Gasteiger charge is 2.09. The number of nitrogens with zero attached hydrogens (tertiary/aromatic N) is 3. The van der Waals surface area contributed by atoms with Crippen LogP contribution in [-0.4, -0.2) is 21.3 Å². The molecule has 0 aliphatic carbocycles. The van der Waals surface area contributed by atoms with Crippen LogP contribution >= 0.6 is 0 Å². The monoisotopic (exact) mass is 210 g/mol. The molecule has 4 heteroatoms. The van der Waals surface area contributed by atoms with Gasteiger partial charge in [0.15, 0.2) is 0 Å². The van der Waals surface area contributed by atoms with E-state index in [1.54, 1.807) is 0 Å². The zero-order chi connectivity index (χ0) is 11.3. The van der Waals surface area contributed by atoms with Crippen LogP contribution in [0.1, 0.15) is 37.8 Å². The van der Waals surface area contributed by atoms with Gasteiger partial charge in [-0.3, -0.25) is 4.68 Å². The van der Waals surface area contributed by atoms with Gasteiger partial charge in [-0.1, -0.05) is 13.3 Å². The third kappa shape index (κ3) is 3.63. The zero-order valence-electron chi connectivity index (χ0n) is 10.0. The van der Waals surface area contributed by atoms with Crippen molar-refractivity contribution >= 4 is 0 Å². The Balaban J connectivity index is 2.44. The van der Waals surface area contributed by atoms with Gasteiger partial charge in [0.05, 0.1) is 0 Å². The zero-order valence-corrected chi connectivity index (χ0v) is 10.0. The summed E-state index contributed by atoms with van der Waals surface area (Å²) in [5.74, 6) is 2.68. The molecule has 0 bridgehead atoms. The molecular weight excluding hydrogens is 188 g/mol. The Hall–Kier alpha value is -0.900. The van der Waals surface area contributed by atoms with Gasteiger partial charge < -0.3 is 5.73 Å². The van der Waals surface area contributed by atoms with Gasteiger partial charge >= 0.3 is 0 Å². The van der Waals surface area contributed by atoms with Crippen molar-refractivity contribution in [3.05, 3.63) is 11.6 Å². The van der Waals surface area contributed by atoms with E-state index in [-0.39, 0.29) is 0 Å². The summed E-state index contributed by atoms with van der Waals surface area (Å²) in [6.07, 6.45) is 4.50. The second kappa shape index (κ2) is 5.85. The van der Waals surface area contributed by atoms with Crippen LogP contribution in [0, 0.1) is 12.8 Å². The third-order valence-corrected chi connectivity index (χ3v) is 2.89. The fourth-order valence-corrected chi connectivity index (χ4v) is 1.90. The van der Waals surface area contributed by atoms with E-state index in [0.29, 0.717) is 0 Å². The van der Waals surface area contributed by atoms with Crippen molar-refractivity contribution in [3.63, 3.8) is 0 Å². The second-order valence-corrected chi connectivity index (χ2v) is 4.09. The standard InChI is InChI=1S/C11H22N4/c1-4-10(7-8-12)5-6-11-13-9(2)14-15(11)3/h10H,4-8,12H2,1-3H3. The van der Waals surface area contributed by atoms with Crippen LogP contribution in [-0.2, 0) is 13.5 Å². The number of nitrogens with two attached hydrogens (primary N) is 1. The van der Waals surface area contributed by atoms with Gasteiger partial charge in [-0.05, 0) is 32.2 Å². The first kappa shape index (κ1) is 12.2. The summed E-state index contributed by atoms with van der Waals surface area (Å²) >= 11 is 0. The molecule has 0 saturated heterocycles. The Morgan fingerprint density at radius 2 is 2.13 bits per heavy atom. The van der Waals surface area contributed by atoms with Crippen LogP contribution in [0.5, 0.6) is 0 Å². The van der Waals surface area contributed by atoms with Gasteiger partial charge in [0.1, 0.15) is 11.6 Å². The summed E-state index contributed by atoms with van der Waals surface area (Å²) in [7, 11) is 1.96. The van der Waals surface area contributed by atoms with Gasteiger partial charge in [-0.15, -0.1) is 0 Å². The third-order valence-electron chi connectivity index (χ3n) is 2.89. The van der Waals surface area contributed by atoms with E-state index in [0.717, 1.165) is 37.0 Å². The lowest BCUT2D eigenvalue weighted by Gasteiger charge is -2.12. The average molecular weight is 210 g/mol. The van der Waals surface area contributed by atoms with Crippen LogP contribution in [0.3, 0.4) is 0 Å². The molecule has 1 rings (SSSR count). The number of hydrogen-bond donors (Lipinski definition) is 1. The molecule has 0 amide bonds. The van der Waals surface area contributed by atoms with E-state index in [2.05, 4.69) is 17.0 Å². The average Bonchev–Trinajstić information content (AvgIpc) is 2.52. The van der Waals surface area contributed by atoms with E-state index in [1.807, 2.05) is 18.7 Å². The summed E-state index contributed by atoms with van der Waals surface area (Å²) in [6, 6.07) is 0. The fraction of sp³-hybridized carbons (Fsp3) is 0.818. The maximum Gasteiger partial charge on any atom is 0.147 e. The smallest absolute Gasteiger partial charge is 0.147 e. The van der Waals surface area contributed by atoms with Crippen LogP contribution in [0.2, 0.25) is 0 Å². The molecule has 1 heterocycles. The fourth-order valence-electron chi connectivity index (χ4n) is 1.90. The molecule has 1 aromatic rings. The summed E-state index contributed by atoms with van der Waals surface area (Å²) in [5.41, 5.74) is 5.57. The van der Waals surface area contributed by atoms with Crippen molar-refractivity contribution in [2.75, 3.05) is 6.54 Å². The van der Waals surface area contributed by atoms with Crippen LogP contribution < -0.4 is 5.73 Å². The lowest BCUT2D eigenvalue weighted by atomic mass is 9.96. The van der Waals surface area contributed by atoms with E-state index in [9.17, 15) is 0 Å². The Kier molecular flexibility index (Phi) is 4.75. The molecule has 4 nitrogen and oxygen atoms in total. The minimum atomic E-state index is 0.729. The van der Waals surface area contributed by atoms with Gasteiger partial charge in [-0.25, -0.2) is 4.98 Å². The van der Waals surface area contributed by atoms with Crippen molar-refractivity contribution < 1.29 is 0 Å². The number of aryl methyl sites for hydroxylation is 3. The maximum atomic E-state index is 5.57. The lowest BCUT2D eigenvalue weighted by molar-refractivity contribution is 0.435. The molecule has 1 atom stereocenters. The molecule has 0 aliphatic rings. The predicted octanol–water partition coefficient (Wildman–Crippen LogP) is 1.43. The number of hydrogen-bond acceptors (Lipinski definition) is 3. The Bertz CT molecular complexity index is 293. The number of aromatic nitrogens is 3. The summed E-state index contributed by atoms with van der Waals surface area (Å²) in [6.45, 7) is 4.94. The molecule has 0 fully saturated rings. The van der Waals surface area contributed by atoms with Gasteiger partial charge in [-0.2, -0.15) is 5.10 Å². The minimum absolute atomic E-state index is 0.729. The molecule has 86 valence electrons. The highest BCUT2D eigenvalue weighted by molar-refractivity contribution is 4.90. The molecule has 0 radical (unpaired) electrons. The molecule has 0 saturated carbocycles. The van der Waals surface area contributed by atoms with Gasteiger partial charge in [0.25, 0.3) is 0 Å². The molecule has 0 aliphatic heterocycles. The molecule has 15 heavy (non-hydrogen) atoms. The van der Waals surface area contributed by atoms with Gasteiger partial charge in [0, 0.05) is 13.5 Å². The van der Waals surface area contributed by atoms with Crippen molar-refractivity contribution in [2.24, 2.45) is 18.7 Å². The van der Waals surface area contributed by atoms with E-state index in [1.165, 1.54) is 12.8 Å². The lowest BCUT2D eigenvalue weighted by Crippen LogP contribution is -2.10. The van der Waals surface area contributed by atoms with E-state index >= 15 is 0 Å². The molecule has 1 aromatic heterocycles. The van der Waals surface area contributed by atoms with Gasteiger partial charge in [0.2, 0.25) is 0 Å². The van der Waals surface area contributed by atoms with Crippen molar-refractivity contribution in [1.82, 2.24) is 14.8 Å². The van der Waals surface area contributed by atoms with Crippen molar-refractivity contribution in [2.45, 2.75) is 39.5 Å². The van der Waals surface area contributed by atoms with Crippen LogP contribution in [0.4, 0.5) is 0 Å². The predicted molar refractivity (Wildman–Crippen MR) is 61.5 cm³/mol. The first-order valence-corrected chi connectivity index (χ1v) is 5.74. The van der Waals surface area contributed by atoms with Crippen molar-refractivity contribution in [3.8, 4) is 0 Å². The first-order chi connectivity index (χ1) is 7.17. The van der Waals surface area contributed by atoms with Crippen LogP contribution in [0.25, 0.3) is 0 Å². The molecule has 0 aromatic carbocycles. The highest BCUT2D eigenvalue weighted by atomic mass is 15.3. The van der Waals surface area contributed by atoms with Crippen LogP contribution in [0.15, 0.2) is 0 Å². The van der Waals surface area contributed by atoms with Crippen molar-refractivity contribution in [1.29, 1.82) is 0 Å². The summed E-state index contributed by atoms with van der Waals surface area (Å²) in [5, 5.41) is 4.24. The molecule has 2 N–H and O–H groups in total. The topological polar surface area (TPSA) is 56.7 Å². The Morgan fingerprint density at radius 3 is 2.60 bits per heavy atom. The largest absolute Gasteiger partial charge is 0.330 e. The first-order valence-electron chi connectivity index (χ1n) is 5.74.